The molecule has 1 saturated heterocycles. The number of carbonyl (C=O) groups excluding carboxylic acids is 1. The van der Waals surface area contributed by atoms with Crippen molar-refractivity contribution in [3.63, 3.8) is 0 Å². The van der Waals surface area contributed by atoms with E-state index in [-0.39, 0.29) is 34.0 Å². The van der Waals surface area contributed by atoms with Gasteiger partial charge in [0.1, 0.15) is 4.90 Å². The SMILES string of the molecule is CN(Cc1ccccc1)C(=O)c1ccc(Cl)c(S(=O)(=O)NCC2CCCO2)c1. The Balaban J connectivity index is 1.75. The molecule has 0 saturated carbocycles. The van der Waals surface area contributed by atoms with Crippen molar-refractivity contribution in [1.29, 1.82) is 0 Å². The number of halogens is 1. The number of benzene rings is 2. The fourth-order valence-electron chi connectivity index (χ4n) is 3.08. The largest absolute Gasteiger partial charge is 0.377 e. The van der Waals surface area contributed by atoms with Gasteiger partial charge in [-0.25, -0.2) is 13.1 Å². The molecule has 2 aromatic carbocycles. The van der Waals surface area contributed by atoms with E-state index in [1.54, 1.807) is 7.05 Å². The van der Waals surface area contributed by atoms with E-state index in [2.05, 4.69) is 4.72 Å². The van der Waals surface area contributed by atoms with Gasteiger partial charge in [0.05, 0.1) is 11.1 Å². The smallest absolute Gasteiger partial charge is 0.253 e. The van der Waals surface area contributed by atoms with Gasteiger partial charge >= 0.3 is 0 Å². The summed E-state index contributed by atoms with van der Waals surface area (Å²) in [6, 6.07) is 13.9. The molecule has 6 nitrogen and oxygen atoms in total. The predicted molar refractivity (Wildman–Crippen MR) is 108 cm³/mol. The monoisotopic (exact) mass is 422 g/mol. The van der Waals surface area contributed by atoms with Crippen LogP contribution >= 0.6 is 11.6 Å². The first-order chi connectivity index (χ1) is 13.4. The van der Waals surface area contributed by atoms with Crippen molar-refractivity contribution >= 4 is 27.5 Å². The molecule has 1 aliphatic rings. The van der Waals surface area contributed by atoms with Crippen LogP contribution in [-0.4, -0.2) is 45.5 Å². The molecule has 1 heterocycles. The van der Waals surface area contributed by atoms with Crippen molar-refractivity contribution in [2.24, 2.45) is 0 Å². The lowest BCUT2D eigenvalue weighted by atomic mass is 10.1. The summed E-state index contributed by atoms with van der Waals surface area (Å²) in [6.45, 7) is 1.25. The normalized spacial score (nSPS) is 16.9. The fraction of sp³-hybridized carbons (Fsp3) is 0.350. The second-order valence-corrected chi connectivity index (χ2v) is 8.92. The number of hydrogen-bond donors (Lipinski definition) is 1. The molecule has 1 atom stereocenters. The van der Waals surface area contributed by atoms with Crippen LogP contribution in [0.25, 0.3) is 0 Å². The standard InChI is InChI=1S/C20H23ClN2O4S/c1-23(14-15-6-3-2-4-7-15)20(24)16-9-10-18(21)19(12-16)28(25,26)22-13-17-8-5-11-27-17/h2-4,6-7,9-10,12,17,22H,5,8,11,13-14H2,1H3. The third-order valence-electron chi connectivity index (χ3n) is 4.60. The molecule has 0 bridgehead atoms. The van der Waals surface area contributed by atoms with Crippen molar-refractivity contribution in [3.8, 4) is 0 Å². The first-order valence-corrected chi connectivity index (χ1v) is 10.9. The predicted octanol–water partition coefficient (Wildman–Crippen LogP) is 3.07. The summed E-state index contributed by atoms with van der Waals surface area (Å²) < 4.78 is 33.3. The van der Waals surface area contributed by atoms with E-state index in [1.165, 1.54) is 23.1 Å². The molecule has 0 radical (unpaired) electrons. The lowest BCUT2D eigenvalue weighted by Crippen LogP contribution is -2.32. The fourth-order valence-corrected chi connectivity index (χ4v) is 4.67. The Hall–Kier alpha value is -1.93. The molecule has 1 aliphatic heterocycles. The lowest BCUT2D eigenvalue weighted by molar-refractivity contribution is 0.0785. The number of nitrogens with zero attached hydrogens (tertiary/aromatic N) is 1. The summed E-state index contributed by atoms with van der Waals surface area (Å²) in [7, 11) is -2.18. The van der Waals surface area contributed by atoms with Gasteiger partial charge in [-0.1, -0.05) is 41.9 Å². The minimum Gasteiger partial charge on any atom is -0.377 e. The molecule has 3 rings (SSSR count). The molecule has 2 aromatic rings. The highest BCUT2D eigenvalue weighted by atomic mass is 35.5. The third-order valence-corrected chi connectivity index (χ3v) is 6.51. The van der Waals surface area contributed by atoms with Gasteiger partial charge in [0.15, 0.2) is 0 Å². The Labute approximate surface area is 170 Å². The van der Waals surface area contributed by atoms with Crippen molar-refractivity contribution in [1.82, 2.24) is 9.62 Å². The van der Waals surface area contributed by atoms with Gasteiger partial charge in [0.2, 0.25) is 10.0 Å². The maximum Gasteiger partial charge on any atom is 0.253 e. The van der Waals surface area contributed by atoms with Crippen LogP contribution in [0.3, 0.4) is 0 Å². The summed E-state index contributed by atoms with van der Waals surface area (Å²) in [5.41, 5.74) is 1.25. The first kappa shape index (κ1) is 20.8. The molecule has 150 valence electrons. The number of rotatable bonds is 7. The number of hydrogen-bond acceptors (Lipinski definition) is 4. The number of sulfonamides is 1. The van der Waals surface area contributed by atoms with E-state index in [9.17, 15) is 13.2 Å². The highest BCUT2D eigenvalue weighted by molar-refractivity contribution is 7.89. The third kappa shape index (κ3) is 5.11. The Kier molecular flexibility index (Phi) is 6.72. The minimum atomic E-state index is -3.85. The summed E-state index contributed by atoms with van der Waals surface area (Å²) in [5.74, 6) is -0.281. The van der Waals surface area contributed by atoms with Crippen molar-refractivity contribution < 1.29 is 17.9 Å². The molecule has 0 spiro atoms. The number of carbonyl (C=O) groups is 1. The van der Waals surface area contributed by atoms with Gasteiger partial charge in [-0.2, -0.15) is 0 Å². The van der Waals surface area contributed by atoms with E-state index >= 15 is 0 Å². The van der Waals surface area contributed by atoms with Gasteiger partial charge in [-0.05, 0) is 36.6 Å². The van der Waals surface area contributed by atoms with Gasteiger partial charge in [0.25, 0.3) is 5.91 Å². The highest BCUT2D eigenvalue weighted by Gasteiger charge is 2.24. The molecule has 0 aliphatic carbocycles. The second kappa shape index (κ2) is 9.05. The molecule has 1 unspecified atom stereocenters. The van der Waals surface area contributed by atoms with Crippen molar-refractivity contribution in [2.45, 2.75) is 30.4 Å². The lowest BCUT2D eigenvalue weighted by Gasteiger charge is -2.18. The summed E-state index contributed by atoms with van der Waals surface area (Å²) in [5, 5.41) is 0.0714. The first-order valence-electron chi connectivity index (χ1n) is 9.07. The number of nitrogens with one attached hydrogen (secondary N) is 1. The van der Waals surface area contributed by atoms with E-state index in [0.29, 0.717) is 13.2 Å². The zero-order chi connectivity index (χ0) is 20.1. The topological polar surface area (TPSA) is 75.7 Å². The van der Waals surface area contributed by atoms with Crippen LogP contribution in [0.15, 0.2) is 53.4 Å². The van der Waals surface area contributed by atoms with Crippen LogP contribution in [0.1, 0.15) is 28.8 Å². The average molecular weight is 423 g/mol. The molecule has 0 aromatic heterocycles. The van der Waals surface area contributed by atoms with Crippen LogP contribution in [-0.2, 0) is 21.3 Å². The maximum atomic E-state index is 12.8. The van der Waals surface area contributed by atoms with Crippen LogP contribution < -0.4 is 4.72 Å². The van der Waals surface area contributed by atoms with Gasteiger partial charge in [-0.3, -0.25) is 4.79 Å². The van der Waals surface area contributed by atoms with Gasteiger partial charge in [0, 0.05) is 32.3 Å². The van der Waals surface area contributed by atoms with E-state index in [4.69, 9.17) is 16.3 Å². The highest BCUT2D eigenvalue weighted by Crippen LogP contribution is 2.24. The Morgan fingerprint density at radius 3 is 2.68 bits per heavy atom. The molecular weight excluding hydrogens is 400 g/mol. The van der Waals surface area contributed by atoms with Crippen LogP contribution in [0.2, 0.25) is 5.02 Å². The number of amides is 1. The zero-order valence-electron chi connectivity index (χ0n) is 15.6. The molecule has 1 N–H and O–H groups in total. The zero-order valence-corrected chi connectivity index (χ0v) is 17.2. The van der Waals surface area contributed by atoms with E-state index in [0.717, 1.165) is 18.4 Å². The average Bonchev–Trinajstić information content (AvgIpc) is 3.21. The Bertz CT molecular complexity index is 928. The molecule has 1 fully saturated rings. The van der Waals surface area contributed by atoms with Crippen molar-refractivity contribution in [2.75, 3.05) is 20.2 Å². The Morgan fingerprint density at radius 1 is 1.25 bits per heavy atom. The van der Waals surface area contributed by atoms with Gasteiger partial charge < -0.3 is 9.64 Å². The molecule has 1 amide bonds. The van der Waals surface area contributed by atoms with Crippen LogP contribution in [0.4, 0.5) is 0 Å². The summed E-state index contributed by atoms with van der Waals surface area (Å²) in [6.07, 6.45) is 1.61. The Morgan fingerprint density at radius 2 is 2.00 bits per heavy atom. The van der Waals surface area contributed by atoms with E-state index in [1.807, 2.05) is 30.3 Å². The molecular formula is C20H23ClN2O4S. The van der Waals surface area contributed by atoms with Crippen molar-refractivity contribution in [3.05, 3.63) is 64.7 Å². The van der Waals surface area contributed by atoms with Crippen LogP contribution in [0.5, 0.6) is 0 Å². The maximum absolute atomic E-state index is 12.8. The molecule has 8 heteroatoms. The van der Waals surface area contributed by atoms with E-state index < -0.39 is 10.0 Å². The second-order valence-electron chi connectivity index (χ2n) is 6.78. The minimum absolute atomic E-state index is 0.0714. The summed E-state index contributed by atoms with van der Waals surface area (Å²) in [4.78, 5) is 14.2. The van der Waals surface area contributed by atoms with Gasteiger partial charge in [-0.15, -0.1) is 0 Å². The van der Waals surface area contributed by atoms with Crippen LogP contribution in [0, 0.1) is 0 Å². The quantitative estimate of drug-likeness (QED) is 0.744. The molecule has 28 heavy (non-hydrogen) atoms. The summed E-state index contributed by atoms with van der Waals surface area (Å²) >= 11 is 6.11. The number of ether oxygens (including phenoxy) is 1.